The lowest BCUT2D eigenvalue weighted by Crippen LogP contribution is -2.46. The molecule has 0 aliphatic carbocycles. The highest BCUT2D eigenvalue weighted by atomic mass is 16.2. The van der Waals surface area contributed by atoms with Crippen molar-refractivity contribution >= 4 is 5.91 Å². The summed E-state index contributed by atoms with van der Waals surface area (Å²) in [5, 5.41) is 1.05. The topological polar surface area (TPSA) is 72.4 Å². The molecule has 1 amide bonds. The number of likely N-dealkylation sites (N-methyl/N-ethyl adjacent to an activating group) is 1. The molecule has 1 aromatic carbocycles. The summed E-state index contributed by atoms with van der Waals surface area (Å²) in [4.78, 5) is 11.7. The van der Waals surface area contributed by atoms with Gasteiger partial charge in [-0.25, -0.2) is 5.84 Å². The maximum atomic E-state index is 11.7. The molecule has 0 aliphatic rings. The first-order chi connectivity index (χ1) is 8.32. The highest BCUT2D eigenvalue weighted by molar-refractivity contribution is 5.81. The van der Waals surface area contributed by atoms with E-state index >= 15 is 0 Å². The Hall–Kier alpha value is -1.39. The van der Waals surface area contributed by atoms with E-state index in [2.05, 4.69) is 32.0 Å². The predicted molar refractivity (Wildman–Crippen MR) is 73.9 cm³/mol. The van der Waals surface area contributed by atoms with Gasteiger partial charge in [-0.15, -0.1) is 0 Å². The smallest absolute Gasteiger partial charge is 0.253 e. The van der Waals surface area contributed by atoms with Crippen LogP contribution in [0.2, 0.25) is 0 Å². The number of hydrazine groups is 1. The van der Waals surface area contributed by atoms with Crippen LogP contribution in [0.1, 0.15) is 36.5 Å². The van der Waals surface area contributed by atoms with Gasteiger partial charge in [0.15, 0.2) is 0 Å². The molecule has 0 saturated heterocycles. The standard InChI is InChI=1S/C14H23N3O/c1-9(2)11-6-5-10(3)12(7-11)8-13(15)14(18)17(4)16/h5-7,9,13H,8,15-16H2,1-4H3. The van der Waals surface area contributed by atoms with Crippen molar-refractivity contribution < 1.29 is 4.79 Å². The predicted octanol–water partition coefficient (Wildman–Crippen LogP) is 1.32. The maximum absolute atomic E-state index is 11.7. The number of aryl methyl sites for hydroxylation is 1. The lowest BCUT2D eigenvalue weighted by Gasteiger charge is -2.18. The quantitative estimate of drug-likeness (QED) is 0.480. The number of benzene rings is 1. The van der Waals surface area contributed by atoms with Gasteiger partial charge in [0.05, 0.1) is 6.04 Å². The fourth-order valence-corrected chi connectivity index (χ4v) is 1.86. The molecule has 1 unspecified atom stereocenters. The Morgan fingerprint density at radius 3 is 2.50 bits per heavy atom. The summed E-state index contributed by atoms with van der Waals surface area (Å²) in [6, 6.07) is 5.74. The Labute approximate surface area is 109 Å². The first-order valence-electron chi connectivity index (χ1n) is 6.20. The van der Waals surface area contributed by atoms with E-state index in [4.69, 9.17) is 11.6 Å². The van der Waals surface area contributed by atoms with Gasteiger partial charge in [0.25, 0.3) is 5.91 Å². The summed E-state index contributed by atoms with van der Waals surface area (Å²) in [5.74, 6) is 5.63. The SMILES string of the molecule is Cc1ccc(C(C)C)cc1CC(N)C(=O)N(C)N. The molecule has 0 fully saturated rings. The van der Waals surface area contributed by atoms with Crippen molar-refractivity contribution in [3.63, 3.8) is 0 Å². The monoisotopic (exact) mass is 249 g/mol. The largest absolute Gasteiger partial charge is 0.320 e. The van der Waals surface area contributed by atoms with Crippen LogP contribution in [0.4, 0.5) is 0 Å². The molecule has 0 heterocycles. The second kappa shape index (κ2) is 5.98. The van der Waals surface area contributed by atoms with Gasteiger partial charge in [-0.1, -0.05) is 32.0 Å². The van der Waals surface area contributed by atoms with Gasteiger partial charge >= 0.3 is 0 Å². The number of rotatable bonds is 4. The average molecular weight is 249 g/mol. The molecule has 100 valence electrons. The Morgan fingerprint density at radius 2 is 2.00 bits per heavy atom. The zero-order valence-corrected chi connectivity index (χ0v) is 11.6. The van der Waals surface area contributed by atoms with Gasteiger partial charge in [-0.3, -0.25) is 9.80 Å². The highest BCUT2D eigenvalue weighted by Gasteiger charge is 2.17. The molecule has 4 nitrogen and oxygen atoms in total. The molecule has 0 radical (unpaired) electrons. The van der Waals surface area contributed by atoms with Crippen LogP contribution in [0.5, 0.6) is 0 Å². The zero-order chi connectivity index (χ0) is 13.9. The number of hydrogen-bond acceptors (Lipinski definition) is 3. The summed E-state index contributed by atoms with van der Waals surface area (Å²) < 4.78 is 0. The van der Waals surface area contributed by atoms with E-state index in [-0.39, 0.29) is 5.91 Å². The zero-order valence-electron chi connectivity index (χ0n) is 11.6. The van der Waals surface area contributed by atoms with Crippen LogP contribution in [0.15, 0.2) is 18.2 Å². The molecule has 18 heavy (non-hydrogen) atoms. The maximum Gasteiger partial charge on any atom is 0.253 e. The second-order valence-electron chi connectivity index (χ2n) is 5.10. The first kappa shape index (κ1) is 14.7. The number of hydrogen-bond donors (Lipinski definition) is 2. The Kier molecular flexibility index (Phi) is 4.87. The van der Waals surface area contributed by atoms with Gasteiger partial charge in [-0.05, 0) is 36.0 Å². The van der Waals surface area contributed by atoms with Crippen molar-refractivity contribution in [2.75, 3.05) is 7.05 Å². The molecular formula is C14H23N3O. The molecule has 1 atom stereocenters. The van der Waals surface area contributed by atoms with Crippen LogP contribution in [0.3, 0.4) is 0 Å². The Morgan fingerprint density at radius 1 is 1.39 bits per heavy atom. The van der Waals surface area contributed by atoms with E-state index in [0.29, 0.717) is 12.3 Å². The summed E-state index contributed by atoms with van der Waals surface area (Å²) in [5.41, 5.74) is 9.40. The summed E-state index contributed by atoms with van der Waals surface area (Å²) in [6.07, 6.45) is 0.521. The molecular weight excluding hydrogens is 226 g/mol. The Balaban J connectivity index is 2.90. The summed E-state index contributed by atoms with van der Waals surface area (Å²) >= 11 is 0. The molecule has 0 bridgehead atoms. The van der Waals surface area contributed by atoms with Crippen LogP contribution in [0.25, 0.3) is 0 Å². The minimum absolute atomic E-state index is 0.246. The summed E-state index contributed by atoms with van der Waals surface area (Å²) in [7, 11) is 1.51. The van der Waals surface area contributed by atoms with Crippen molar-refractivity contribution in [1.82, 2.24) is 5.01 Å². The lowest BCUT2D eigenvalue weighted by atomic mass is 9.94. The molecule has 0 aliphatic heterocycles. The minimum atomic E-state index is -0.582. The van der Waals surface area contributed by atoms with E-state index in [1.807, 2.05) is 6.92 Å². The van der Waals surface area contributed by atoms with Crippen molar-refractivity contribution in [1.29, 1.82) is 0 Å². The average Bonchev–Trinajstić information content (AvgIpc) is 2.30. The third-order valence-corrected chi connectivity index (χ3v) is 3.14. The third kappa shape index (κ3) is 3.55. The molecule has 0 spiro atoms. The fraction of sp³-hybridized carbons (Fsp3) is 0.500. The van der Waals surface area contributed by atoms with Gasteiger partial charge in [-0.2, -0.15) is 0 Å². The number of nitrogens with two attached hydrogens (primary N) is 2. The fourth-order valence-electron chi connectivity index (χ4n) is 1.86. The Bertz CT molecular complexity index is 427. The van der Waals surface area contributed by atoms with Crippen LogP contribution < -0.4 is 11.6 Å². The van der Waals surface area contributed by atoms with Crippen molar-refractivity contribution in [3.8, 4) is 0 Å². The molecule has 0 saturated carbocycles. The normalized spacial score (nSPS) is 12.6. The molecule has 4 N–H and O–H groups in total. The number of nitrogens with zero attached hydrogens (tertiary/aromatic N) is 1. The van der Waals surface area contributed by atoms with Gasteiger partial charge in [0, 0.05) is 7.05 Å². The van der Waals surface area contributed by atoms with Crippen LogP contribution in [0, 0.1) is 6.92 Å². The second-order valence-corrected chi connectivity index (χ2v) is 5.10. The molecule has 1 aromatic rings. The van der Waals surface area contributed by atoms with E-state index in [1.54, 1.807) is 0 Å². The van der Waals surface area contributed by atoms with Crippen LogP contribution >= 0.6 is 0 Å². The molecule has 4 heteroatoms. The van der Waals surface area contributed by atoms with Crippen molar-refractivity contribution in [2.45, 2.75) is 39.2 Å². The first-order valence-corrected chi connectivity index (χ1v) is 6.20. The lowest BCUT2D eigenvalue weighted by molar-refractivity contribution is -0.131. The van der Waals surface area contributed by atoms with Crippen molar-refractivity contribution in [3.05, 3.63) is 34.9 Å². The van der Waals surface area contributed by atoms with Crippen LogP contribution in [-0.4, -0.2) is 24.0 Å². The van der Waals surface area contributed by atoms with E-state index in [1.165, 1.54) is 12.6 Å². The molecule has 1 rings (SSSR count). The van der Waals surface area contributed by atoms with Gasteiger partial charge in [0.2, 0.25) is 0 Å². The summed E-state index contributed by atoms with van der Waals surface area (Å²) in [6.45, 7) is 6.32. The van der Waals surface area contributed by atoms with Crippen molar-refractivity contribution in [2.24, 2.45) is 11.6 Å². The number of carbonyl (C=O) groups is 1. The third-order valence-electron chi connectivity index (χ3n) is 3.14. The van der Waals surface area contributed by atoms with E-state index < -0.39 is 6.04 Å². The molecule has 0 aromatic heterocycles. The van der Waals surface area contributed by atoms with E-state index in [9.17, 15) is 4.79 Å². The van der Waals surface area contributed by atoms with E-state index in [0.717, 1.165) is 16.1 Å². The van der Waals surface area contributed by atoms with Gasteiger partial charge < -0.3 is 5.73 Å². The highest BCUT2D eigenvalue weighted by Crippen LogP contribution is 2.19. The minimum Gasteiger partial charge on any atom is -0.320 e. The number of amides is 1. The number of carbonyl (C=O) groups excluding carboxylic acids is 1. The van der Waals surface area contributed by atoms with Gasteiger partial charge in [0.1, 0.15) is 0 Å². The van der Waals surface area contributed by atoms with Crippen LogP contribution in [-0.2, 0) is 11.2 Å².